The summed E-state index contributed by atoms with van der Waals surface area (Å²) >= 11 is 0. The molecule has 2 nitrogen and oxygen atoms in total. The lowest BCUT2D eigenvalue weighted by Gasteiger charge is -2.43. The molecule has 0 aliphatic carbocycles. The van der Waals surface area contributed by atoms with Gasteiger partial charge in [-0.1, -0.05) is 30.3 Å². The Hall–Kier alpha value is -2.22. The zero-order valence-corrected chi connectivity index (χ0v) is 12.2. The Morgan fingerprint density at radius 3 is 2.62 bits per heavy atom. The van der Waals surface area contributed by atoms with Crippen molar-refractivity contribution in [3.63, 3.8) is 0 Å². The van der Waals surface area contributed by atoms with E-state index < -0.39 is 0 Å². The molecule has 2 aliphatic heterocycles. The molecule has 1 aromatic heterocycles. The van der Waals surface area contributed by atoms with Gasteiger partial charge in [-0.05, 0) is 44.0 Å². The monoisotopic (exact) mass is 274 g/mol. The quantitative estimate of drug-likeness (QED) is 0.587. The average molecular weight is 274 g/mol. The first-order chi connectivity index (χ1) is 10.3. The van der Waals surface area contributed by atoms with Crippen LogP contribution >= 0.6 is 0 Å². The smallest absolute Gasteiger partial charge is 0.0781 e. The maximum atomic E-state index is 2.61. The fourth-order valence-corrected chi connectivity index (χ4v) is 4.31. The van der Waals surface area contributed by atoms with Gasteiger partial charge in [0.1, 0.15) is 0 Å². The molecule has 0 radical (unpaired) electrons. The van der Waals surface area contributed by atoms with Gasteiger partial charge in [-0.25, -0.2) is 0 Å². The number of hydrogen-bond acceptors (Lipinski definition) is 1. The molecule has 1 fully saturated rings. The second-order valence-electron chi connectivity index (χ2n) is 6.44. The molecular formula is C19H18N2. The van der Waals surface area contributed by atoms with E-state index in [0.29, 0.717) is 0 Å². The Kier molecular flexibility index (Phi) is 2.02. The van der Waals surface area contributed by atoms with Crippen LogP contribution in [0.2, 0.25) is 0 Å². The van der Waals surface area contributed by atoms with E-state index in [1.165, 1.54) is 40.8 Å². The van der Waals surface area contributed by atoms with E-state index in [1.807, 2.05) is 0 Å². The van der Waals surface area contributed by atoms with Crippen LogP contribution < -0.4 is 4.90 Å². The zero-order chi connectivity index (χ0) is 14.0. The Morgan fingerprint density at radius 2 is 1.71 bits per heavy atom. The molecule has 0 bridgehead atoms. The summed E-state index contributed by atoms with van der Waals surface area (Å²) in [7, 11) is 0. The predicted molar refractivity (Wildman–Crippen MR) is 87.2 cm³/mol. The Balaban J connectivity index is 1.96. The molecule has 21 heavy (non-hydrogen) atoms. The van der Waals surface area contributed by atoms with Crippen LogP contribution in [0.1, 0.15) is 25.5 Å². The van der Waals surface area contributed by atoms with Crippen LogP contribution in [0.5, 0.6) is 0 Å². The number of para-hydroxylation sites is 3. The van der Waals surface area contributed by atoms with Crippen molar-refractivity contribution in [3.8, 4) is 5.69 Å². The minimum atomic E-state index is 0.132. The third-order valence-electron chi connectivity index (χ3n) is 5.32. The van der Waals surface area contributed by atoms with Gasteiger partial charge in [0.15, 0.2) is 0 Å². The number of anilines is 1. The van der Waals surface area contributed by atoms with Gasteiger partial charge in [0.05, 0.1) is 22.4 Å². The Labute approximate surface area is 124 Å². The van der Waals surface area contributed by atoms with Gasteiger partial charge in [-0.15, -0.1) is 0 Å². The fourth-order valence-electron chi connectivity index (χ4n) is 4.31. The topological polar surface area (TPSA) is 8.17 Å². The van der Waals surface area contributed by atoms with Crippen molar-refractivity contribution in [3.05, 3.63) is 60.3 Å². The number of nitrogens with zero attached hydrogens (tertiary/aromatic N) is 2. The first kappa shape index (κ1) is 11.4. The molecule has 5 rings (SSSR count). The Morgan fingerprint density at radius 1 is 0.952 bits per heavy atom. The third kappa shape index (κ3) is 1.28. The second-order valence-corrected chi connectivity index (χ2v) is 6.44. The summed E-state index contributed by atoms with van der Waals surface area (Å²) in [4.78, 5) is 2.61. The number of hydrogen-bond donors (Lipinski definition) is 0. The third-order valence-corrected chi connectivity index (χ3v) is 5.32. The number of rotatable bonds is 0. The summed E-state index contributed by atoms with van der Waals surface area (Å²) in [5.74, 6) is 0. The van der Waals surface area contributed by atoms with Crippen LogP contribution in [0, 0.1) is 0 Å². The van der Waals surface area contributed by atoms with E-state index >= 15 is 0 Å². The van der Waals surface area contributed by atoms with Crippen molar-refractivity contribution in [2.24, 2.45) is 0 Å². The highest BCUT2D eigenvalue weighted by Gasteiger charge is 2.44. The van der Waals surface area contributed by atoms with Crippen molar-refractivity contribution < 1.29 is 0 Å². The van der Waals surface area contributed by atoms with E-state index in [-0.39, 0.29) is 5.54 Å². The molecule has 0 unspecified atom stereocenters. The predicted octanol–water partition coefficient (Wildman–Crippen LogP) is 4.46. The van der Waals surface area contributed by atoms with Crippen molar-refractivity contribution in [1.29, 1.82) is 0 Å². The van der Waals surface area contributed by atoms with Gasteiger partial charge >= 0.3 is 0 Å². The van der Waals surface area contributed by atoms with Gasteiger partial charge in [-0.3, -0.25) is 0 Å². The van der Waals surface area contributed by atoms with Gasteiger partial charge in [0.2, 0.25) is 0 Å². The minimum Gasteiger partial charge on any atom is -0.359 e. The Bertz CT molecular complexity index is 861. The van der Waals surface area contributed by atoms with Gasteiger partial charge in [-0.2, -0.15) is 0 Å². The van der Waals surface area contributed by atoms with E-state index in [4.69, 9.17) is 0 Å². The lowest BCUT2D eigenvalue weighted by molar-refractivity contribution is 0.460. The van der Waals surface area contributed by atoms with Crippen LogP contribution in [0.4, 0.5) is 5.69 Å². The summed E-state index contributed by atoms with van der Waals surface area (Å²) in [6.45, 7) is 3.57. The molecule has 0 spiro atoms. The van der Waals surface area contributed by atoms with Crippen LogP contribution in [0.3, 0.4) is 0 Å². The molecule has 2 aliphatic rings. The largest absolute Gasteiger partial charge is 0.359 e. The summed E-state index contributed by atoms with van der Waals surface area (Å²) in [5.41, 5.74) is 5.61. The van der Waals surface area contributed by atoms with Crippen LogP contribution in [-0.4, -0.2) is 11.1 Å². The molecule has 0 N–H and O–H groups in total. The number of benzene rings is 2. The normalized spacial score (nSPS) is 23.0. The highest BCUT2D eigenvalue weighted by atomic mass is 15.3. The second kappa shape index (κ2) is 3.70. The van der Waals surface area contributed by atoms with Crippen molar-refractivity contribution in [1.82, 2.24) is 4.57 Å². The summed E-state index contributed by atoms with van der Waals surface area (Å²) in [6, 6.07) is 20.0. The maximum absolute atomic E-state index is 2.61. The zero-order valence-electron chi connectivity index (χ0n) is 12.2. The maximum Gasteiger partial charge on any atom is 0.0781 e. The van der Waals surface area contributed by atoms with E-state index in [2.05, 4.69) is 71.0 Å². The fraction of sp³-hybridized carbons (Fsp3) is 0.263. The molecule has 3 heterocycles. The molecule has 2 heteroatoms. The molecular weight excluding hydrogens is 256 g/mol. The standard InChI is InChI=1S/C19H18N2/c1-19-11-6-12-20(19)16-9-4-5-10-17(16)21-15-8-3-2-7-14(15)13-18(19)21/h2-5,7-10,13H,6,11-12H2,1H3/t19-/m1/s1. The molecule has 2 aromatic carbocycles. The number of fused-ring (bicyclic) bond motifs is 8. The SMILES string of the molecule is C[C@]12CCCN1c1ccccc1-n1c2cc2ccccc21. The molecule has 0 saturated carbocycles. The van der Waals surface area contributed by atoms with Crippen molar-refractivity contribution >= 4 is 16.6 Å². The molecule has 104 valence electrons. The molecule has 1 atom stereocenters. The average Bonchev–Trinajstić information content (AvgIpc) is 3.09. The molecule has 0 amide bonds. The number of aromatic nitrogens is 1. The van der Waals surface area contributed by atoms with Crippen molar-refractivity contribution in [2.45, 2.75) is 25.3 Å². The summed E-state index contributed by atoms with van der Waals surface area (Å²) in [5, 5.41) is 1.34. The van der Waals surface area contributed by atoms with Crippen LogP contribution in [-0.2, 0) is 5.54 Å². The van der Waals surface area contributed by atoms with E-state index in [9.17, 15) is 0 Å². The summed E-state index contributed by atoms with van der Waals surface area (Å²) in [6.07, 6.45) is 2.50. The van der Waals surface area contributed by atoms with E-state index in [0.717, 1.165) is 6.54 Å². The highest BCUT2D eigenvalue weighted by molar-refractivity contribution is 5.87. The van der Waals surface area contributed by atoms with Crippen molar-refractivity contribution in [2.75, 3.05) is 11.4 Å². The lowest BCUT2D eigenvalue weighted by atomic mass is 9.91. The lowest BCUT2D eigenvalue weighted by Crippen LogP contribution is -2.43. The first-order valence-corrected chi connectivity index (χ1v) is 7.77. The van der Waals surface area contributed by atoms with Crippen LogP contribution in [0.25, 0.3) is 16.6 Å². The van der Waals surface area contributed by atoms with Gasteiger partial charge in [0.25, 0.3) is 0 Å². The minimum absolute atomic E-state index is 0.132. The van der Waals surface area contributed by atoms with Crippen LogP contribution in [0.15, 0.2) is 54.6 Å². The first-order valence-electron chi connectivity index (χ1n) is 7.77. The summed E-state index contributed by atoms with van der Waals surface area (Å²) < 4.78 is 2.48. The molecule has 1 saturated heterocycles. The molecule has 3 aromatic rings. The van der Waals surface area contributed by atoms with E-state index in [1.54, 1.807) is 0 Å². The van der Waals surface area contributed by atoms with Gasteiger partial charge in [0, 0.05) is 17.6 Å². The highest BCUT2D eigenvalue weighted by Crippen LogP contribution is 2.49. The van der Waals surface area contributed by atoms with Gasteiger partial charge < -0.3 is 9.47 Å².